The van der Waals surface area contributed by atoms with Gasteiger partial charge >= 0.3 is 17.9 Å². The Balaban J connectivity index is 1.10. The van der Waals surface area contributed by atoms with Crippen molar-refractivity contribution >= 4 is 40.2 Å². The largest absolute Gasteiger partial charge is 0.481 e. The molecule has 3 aliphatic rings. The van der Waals surface area contributed by atoms with Gasteiger partial charge in [0.05, 0.1) is 30.0 Å². The predicted octanol–water partition coefficient (Wildman–Crippen LogP) is 5.98. The minimum atomic E-state index is -4.96. The fourth-order valence-corrected chi connectivity index (χ4v) is 9.08. The lowest BCUT2D eigenvalue weighted by atomic mass is 9.92. The molecule has 0 radical (unpaired) electrons. The number of pyridine rings is 1. The van der Waals surface area contributed by atoms with E-state index in [0.29, 0.717) is 64.2 Å². The second-order valence-corrected chi connectivity index (χ2v) is 15.8. The first kappa shape index (κ1) is 40.3. The van der Waals surface area contributed by atoms with Crippen molar-refractivity contribution < 1.29 is 27.4 Å². The molecule has 3 aromatic heterocycles. The lowest BCUT2D eigenvalue weighted by molar-refractivity contribution is -0.144. The number of rotatable bonds is 9. The molecule has 2 aromatic carbocycles. The van der Waals surface area contributed by atoms with Crippen LogP contribution in [0.4, 0.5) is 29.5 Å². The second-order valence-electron chi connectivity index (χ2n) is 15.4. The van der Waals surface area contributed by atoms with Crippen LogP contribution in [-0.2, 0) is 31.4 Å². The Morgan fingerprint density at radius 1 is 0.983 bits per heavy atom. The lowest BCUT2D eigenvalue weighted by Crippen LogP contribution is -2.61. The molecule has 0 bridgehead atoms. The first-order chi connectivity index (χ1) is 28.1. The van der Waals surface area contributed by atoms with Crippen LogP contribution in [0.5, 0.6) is 5.88 Å². The van der Waals surface area contributed by atoms with E-state index in [4.69, 9.17) is 26.1 Å². The summed E-state index contributed by atoms with van der Waals surface area (Å²) in [5, 5.41) is 6.37. The summed E-state index contributed by atoms with van der Waals surface area (Å²) in [6.45, 7) is 5.09. The van der Waals surface area contributed by atoms with Crippen molar-refractivity contribution in [3.8, 4) is 28.3 Å². The summed E-state index contributed by atoms with van der Waals surface area (Å²) >= 11 is 7.22. The van der Waals surface area contributed by atoms with Gasteiger partial charge in [0.25, 0.3) is 5.56 Å². The third-order valence-electron chi connectivity index (χ3n) is 11.9. The van der Waals surface area contributed by atoms with E-state index in [1.165, 1.54) is 14.1 Å². The number of nitrogens with zero attached hydrogens (tertiary/aromatic N) is 7. The van der Waals surface area contributed by atoms with Gasteiger partial charge in [-0.15, -0.1) is 0 Å². The summed E-state index contributed by atoms with van der Waals surface area (Å²) in [5.41, 5.74) is 3.31. The number of benzene rings is 2. The van der Waals surface area contributed by atoms with Crippen molar-refractivity contribution in [3.05, 3.63) is 90.8 Å². The molecule has 14 nitrogen and oxygen atoms in total. The molecule has 2 N–H and O–H groups in total. The molecule has 1 aliphatic carbocycles. The summed E-state index contributed by atoms with van der Waals surface area (Å²) in [4.78, 5) is 55.4. The average molecular weight is 834 g/mol. The first-order valence-electron chi connectivity index (χ1n) is 19.2. The number of fused-ring (bicyclic) bond motifs is 2. The highest BCUT2D eigenvalue weighted by Crippen LogP contribution is 2.47. The molecule has 310 valence electrons. The van der Waals surface area contributed by atoms with Crippen molar-refractivity contribution in [3.63, 3.8) is 0 Å². The van der Waals surface area contributed by atoms with Crippen LogP contribution >= 0.6 is 11.6 Å². The Hall–Kier alpha value is -5.52. The topological polar surface area (TPSA) is 149 Å². The standard InChI is InChI=1S/C41H43ClF3N9O5/c1-22-24(8-7-11-27(22)46-33-31-34(49-37(48-33)41(43,44)45)51(2)39(57)52(3)36(31)55)25-9-6-10-26(32(25)42)28-20-23-12-13-29(30(23)35(47-28)59-5)54-17-15-40(21-54)14-16-53(18-19-58-4)38(56)50-40/h6-11,20,29H,12-19,21H2,1-5H3,(H,50,56)(H,46,48,49)/t29-,40+/m0/s1. The number of aromatic nitrogens is 5. The number of alkyl halides is 3. The fourth-order valence-electron chi connectivity index (χ4n) is 8.76. The maximum Gasteiger partial charge on any atom is 0.451 e. The zero-order valence-corrected chi connectivity index (χ0v) is 33.9. The molecule has 5 heterocycles. The predicted molar refractivity (Wildman–Crippen MR) is 216 cm³/mol. The molecule has 59 heavy (non-hydrogen) atoms. The summed E-state index contributed by atoms with van der Waals surface area (Å²) in [7, 11) is 5.71. The number of aryl methyl sites for hydroxylation is 2. The van der Waals surface area contributed by atoms with Crippen molar-refractivity contribution in [1.82, 2.24) is 39.2 Å². The van der Waals surface area contributed by atoms with Gasteiger partial charge in [0.2, 0.25) is 11.7 Å². The van der Waals surface area contributed by atoms with Crippen LogP contribution in [0.15, 0.2) is 52.1 Å². The van der Waals surface area contributed by atoms with Gasteiger partial charge in [-0.25, -0.2) is 24.5 Å². The summed E-state index contributed by atoms with van der Waals surface area (Å²) in [5.74, 6) is -1.39. The molecule has 0 saturated carbocycles. The Morgan fingerprint density at radius 3 is 2.44 bits per heavy atom. The quantitative estimate of drug-likeness (QED) is 0.182. The van der Waals surface area contributed by atoms with Gasteiger partial charge in [-0.05, 0) is 61.4 Å². The van der Waals surface area contributed by atoms with E-state index in [0.717, 1.165) is 59.0 Å². The lowest BCUT2D eigenvalue weighted by Gasteiger charge is -2.40. The van der Waals surface area contributed by atoms with Crippen molar-refractivity contribution in [2.24, 2.45) is 14.1 Å². The number of hydrogen-bond acceptors (Lipinski definition) is 10. The second kappa shape index (κ2) is 15.3. The number of likely N-dealkylation sites (tertiary alicyclic amines) is 1. The first-order valence-corrected chi connectivity index (χ1v) is 19.6. The van der Waals surface area contributed by atoms with Gasteiger partial charge < -0.3 is 25.0 Å². The van der Waals surface area contributed by atoms with Crippen molar-refractivity contribution in [2.45, 2.75) is 50.4 Å². The van der Waals surface area contributed by atoms with Gasteiger partial charge in [-0.2, -0.15) is 13.2 Å². The van der Waals surface area contributed by atoms with E-state index >= 15 is 0 Å². The fraction of sp³-hybridized carbons (Fsp3) is 0.415. The molecule has 0 unspecified atom stereocenters. The van der Waals surface area contributed by atoms with E-state index in [2.05, 4.69) is 31.6 Å². The number of halogens is 4. The molecule has 18 heteroatoms. The van der Waals surface area contributed by atoms with Gasteiger partial charge in [-0.3, -0.25) is 18.8 Å². The number of methoxy groups -OCH3 is 2. The van der Waals surface area contributed by atoms with Crippen molar-refractivity contribution in [2.75, 3.05) is 52.3 Å². The Morgan fingerprint density at radius 2 is 1.71 bits per heavy atom. The molecule has 2 aliphatic heterocycles. The number of urea groups is 1. The summed E-state index contributed by atoms with van der Waals surface area (Å²) in [6.07, 6.45) is -1.55. The maximum absolute atomic E-state index is 14.0. The number of anilines is 2. The van der Waals surface area contributed by atoms with Crippen LogP contribution in [0.1, 0.15) is 47.8 Å². The molecule has 2 atom stereocenters. The van der Waals surface area contributed by atoms with Crippen LogP contribution in [0.3, 0.4) is 0 Å². The monoisotopic (exact) mass is 833 g/mol. The molecule has 8 rings (SSSR count). The zero-order chi connectivity index (χ0) is 42.0. The van der Waals surface area contributed by atoms with Crippen LogP contribution in [0.25, 0.3) is 33.4 Å². The highest BCUT2D eigenvalue weighted by atomic mass is 35.5. The number of ether oxygens (including phenoxy) is 2. The SMILES string of the molecule is COCCN1CC[C@]2(CCN([C@H]3CCc4cc(-c5cccc(-c6cccc(Nc7nc(C(F)(F)F)nc8c7c(=O)n(C)c(=O)n8C)c6C)c5Cl)nc(OC)c43)C2)NC1=O. The average Bonchev–Trinajstić information content (AvgIpc) is 3.83. The minimum absolute atomic E-state index is 0.0525. The smallest absolute Gasteiger partial charge is 0.451 e. The maximum atomic E-state index is 14.0. The van der Waals surface area contributed by atoms with E-state index in [-0.39, 0.29) is 23.0 Å². The van der Waals surface area contributed by atoms with Gasteiger partial charge in [0.1, 0.15) is 11.2 Å². The molecular weight excluding hydrogens is 791 g/mol. The van der Waals surface area contributed by atoms with E-state index < -0.39 is 34.7 Å². The highest BCUT2D eigenvalue weighted by Gasteiger charge is 2.47. The minimum Gasteiger partial charge on any atom is -0.481 e. The van der Waals surface area contributed by atoms with E-state index in [9.17, 15) is 27.6 Å². The molecule has 2 amide bonds. The van der Waals surface area contributed by atoms with Crippen molar-refractivity contribution in [1.29, 1.82) is 0 Å². The Kier molecular flexibility index (Phi) is 10.4. The van der Waals surface area contributed by atoms with Gasteiger partial charge in [0.15, 0.2) is 5.65 Å². The normalized spacial score (nSPS) is 19.4. The number of hydrogen-bond donors (Lipinski definition) is 2. The van der Waals surface area contributed by atoms with Crippen LogP contribution in [0.2, 0.25) is 5.02 Å². The number of amides is 2. The number of nitrogens with one attached hydrogen (secondary N) is 2. The number of carbonyl (C=O) groups excluding carboxylic acids is 1. The summed E-state index contributed by atoms with van der Waals surface area (Å²) < 4.78 is 54.8. The third-order valence-corrected chi connectivity index (χ3v) is 12.3. The van der Waals surface area contributed by atoms with E-state index in [1.54, 1.807) is 38.2 Å². The molecule has 2 fully saturated rings. The van der Waals surface area contributed by atoms with Crippen LogP contribution in [0, 0.1) is 6.92 Å². The van der Waals surface area contributed by atoms with E-state index in [1.807, 2.05) is 24.3 Å². The molecule has 1 spiro atoms. The van der Waals surface area contributed by atoms with Crippen LogP contribution in [-0.4, -0.2) is 92.5 Å². The van der Waals surface area contributed by atoms with Gasteiger partial charge in [0, 0.05) is 75.8 Å². The number of carbonyl (C=O) groups is 1. The Bertz CT molecular complexity index is 2630. The van der Waals surface area contributed by atoms with Gasteiger partial charge in [-0.1, -0.05) is 41.9 Å². The zero-order valence-electron chi connectivity index (χ0n) is 33.2. The third kappa shape index (κ3) is 7.08. The molecular formula is C41H43ClF3N9O5. The molecule has 5 aromatic rings. The Labute approximate surface area is 341 Å². The summed E-state index contributed by atoms with van der Waals surface area (Å²) in [6, 6.07) is 12.9. The van der Waals surface area contributed by atoms with Crippen LogP contribution < -0.4 is 26.6 Å². The highest BCUT2D eigenvalue weighted by molar-refractivity contribution is 6.36. The molecule has 2 saturated heterocycles.